The van der Waals surface area contributed by atoms with E-state index in [1.54, 1.807) is 18.2 Å². The summed E-state index contributed by atoms with van der Waals surface area (Å²) in [5.74, 6) is -0.654. The molecule has 2 atom stereocenters. The second-order valence-electron chi connectivity index (χ2n) is 14.8. The van der Waals surface area contributed by atoms with Gasteiger partial charge in [-0.3, -0.25) is 0 Å². The van der Waals surface area contributed by atoms with Gasteiger partial charge in [-0.15, -0.1) is 0 Å². The Morgan fingerprint density at radius 1 is 0.678 bits per heavy atom. The minimum absolute atomic E-state index is 0.0358. The molecule has 0 radical (unpaired) electrons. The number of nitrogens with zero attached hydrogens (tertiary/aromatic N) is 1. The van der Waals surface area contributed by atoms with Crippen molar-refractivity contribution in [3.63, 3.8) is 0 Å². The van der Waals surface area contributed by atoms with E-state index in [1.807, 2.05) is 126 Å². The van der Waals surface area contributed by atoms with Crippen LogP contribution in [0.2, 0.25) is 0 Å². The Bertz CT molecular complexity index is 2980. The van der Waals surface area contributed by atoms with Crippen LogP contribution in [0.5, 0.6) is 0 Å². The van der Waals surface area contributed by atoms with Crippen LogP contribution in [0.15, 0.2) is 231 Å². The normalized spacial score (nSPS) is 17.7. The minimum Gasteiger partial charge on any atom is -0.454 e. The fourth-order valence-corrected chi connectivity index (χ4v) is 8.97. The van der Waals surface area contributed by atoms with E-state index < -0.39 is 17.3 Å². The van der Waals surface area contributed by atoms with Crippen molar-refractivity contribution in [1.29, 1.82) is 0 Å². The molecular formula is C57H45NO. The molecule has 2 unspecified atom stereocenters. The Labute approximate surface area is 352 Å². The van der Waals surface area contributed by atoms with Crippen LogP contribution >= 0.6 is 0 Å². The molecule has 0 bridgehead atoms. The van der Waals surface area contributed by atoms with Gasteiger partial charge in [0.15, 0.2) is 5.76 Å². The first-order valence-electron chi connectivity index (χ1n) is 21.4. The van der Waals surface area contributed by atoms with Crippen molar-refractivity contribution in [2.24, 2.45) is 5.92 Å². The standard InChI is InChI=1S/C57H45NO/c1-5-8-20-41-30-31-44(38-43(41)21-9-6-2)42-32-34-47(35-33-42)58(40(4)56-49(7-3)52-27-17-19-29-55(52)59-56)48-36-37-51-50-26-16-18-28-53(50)57(54(51)39-48,45-22-12-10-13-23-45)46-24-14-11-15-25-46/h5-39,51,54H,1-4H2/b20-8-,21-9-/i36D,37D,39D. The molecule has 0 saturated carbocycles. The molecule has 1 heterocycles. The molecule has 1 aromatic heterocycles. The Morgan fingerprint density at radius 2 is 1.31 bits per heavy atom. The summed E-state index contributed by atoms with van der Waals surface area (Å²) in [5, 5.41) is 0.881. The molecule has 2 nitrogen and oxygen atoms in total. The van der Waals surface area contributed by atoms with Crippen molar-refractivity contribution in [3.05, 3.63) is 271 Å². The summed E-state index contributed by atoms with van der Waals surface area (Å²) in [7, 11) is 0. The minimum atomic E-state index is -0.855. The Kier molecular flexibility index (Phi) is 9.05. The van der Waals surface area contributed by atoms with Crippen molar-refractivity contribution in [3.8, 4) is 11.1 Å². The van der Waals surface area contributed by atoms with E-state index >= 15 is 0 Å². The van der Waals surface area contributed by atoms with E-state index in [4.69, 9.17) is 4.42 Å². The summed E-state index contributed by atoms with van der Waals surface area (Å²) in [4.78, 5) is 1.86. The van der Waals surface area contributed by atoms with E-state index in [1.165, 1.54) is 0 Å². The second-order valence-corrected chi connectivity index (χ2v) is 14.8. The molecule has 7 aromatic rings. The van der Waals surface area contributed by atoms with Gasteiger partial charge in [0, 0.05) is 34.2 Å². The molecule has 284 valence electrons. The van der Waals surface area contributed by atoms with Gasteiger partial charge >= 0.3 is 0 Å². The molecule has 2 aliphatic carbocycles. The zero-order chi connectivity index (χ0) is 43.0. The van der Waals surface area contributed by atoms with Gasteiger partial charge in [-0.2, -0.15) is 0 Å². The zero-order valence-corrected chi connectivity index (χ0v) is 32.8. The van der Waals surface area contributed by atoms with Crippen LogP contribution in [0.25, 0.3) is 46.0 Å². The third-order valence-corrected chi connectivity index (χ3v) is 11.6. The summed E-state index contributed by atoms with van der Waals surface area (Å²) >= 11 is 0. The maximum absolute atomic E-state index is 10.6. The van der Waals surface area contributed by atoms with Gasteiger partial charge in [0.25, 0.3) is 0 Å². The molecule has 59 heavy (non-hydrogen) atoms. The number of benzene rings is 6. The van der Waals surface area contributed by atoms with Gasteiger partial charge in [0.2, 0.25) is 0 Å². The van der Waals surface area contributed by atoms with Gasteiger partial charge < -0.3 is 9.32 Å². The molecule has 6 aromatic carbocycles. The Hall–Kier alpha value is -7.42. The maximum atomic E-state index is 10.6. The first kappa shape index (κ1) is 33.7. The lowest BCUT2D eigenvalue weighted by molar-refractivity contribution is 0.453. The van der Waals surface area contributed by atoms with Gasteiger partial charge in [-0.25, -0.2) is 0 Å². The van der Waals surface area contributed by atoms with Gasteiger partial charge in [-0.05, 0) is 74.8 Å². The van der Waals surface area contributed by atoms with E-state index in [9.17, 15) is 4.11 Å². The third-order valence-electron chi connectivity index (χ3n) is 11.6. The number of furan rings is 1. The number of fused-ring (bicyclic) bond motifs is 4. The van der Waals surface area contributed by atoms with Gasteiger partial charge in [0.1, 0.15) is 5.58 Å². The molecule has 0 amide bonds. The number of anilines is 1. The first-order chi connectivity index (χ1) is 30.3. The molecule has 9 rings (SSSR count). The van der Waals surface area contributed by atoms with E-state index in [2.05, 4.69) is 80.9 Å². The first-order valence-corrected chi connectivity index (χ1v) is 19.9. The topological polar surface area (TPSA) is 16.4 Å². The monoisotopic (exact) mass is 762 g/mol. The summed E-state index contributed by atoms with van der Waals surface area (Å²) in [5.41, 5.74) is 10.1. The predicted octanol–water partition coefficient (Wildman–Crippen LogP) is 14.8. The molecule has 2 heteroatoms. The van der Waals surface area contributed by atoms with Crippen LogP contribution in [-0.2, 0) is 5.41 Å². The third kappa shape index (κ3) is 6.40. The SMILES string of the molecule is [2H]C1=C([2H])C2c3ccccc3C(c3ccccc3)(c3ccccc3)C2C([2H])=C1N(C(=C)c1oc2ccccc2c1C=C)c1ccc(-c2ccc(/C=C\C=C)c(/C=C\C=C)c2)cc1. The quantitative estimate of drug-likeness (QED) is 0.115. The van der Waals surface area contributed by atoms with Crippen molar-refractivity contribution >= 4 is 40.6 Å². The molecule has 2 aliphatic rings. The molecule has 0 N–H and O–H groups in total. The van der Waals surface area contributed by atoms with E-state index in [-0.39, 0.29) is 23.9 Å². The number of rotatable bonds is 12. The highest BCUT2D eigenvalue weighted by Gasteiger charge is 2.53. The lowest BCUT2D eigenvalue weighted by Gasteiger charge is -2.40. The number of hydrogen-bond acceptors (Lipinski definition) is 2. The van der Waals surface area contributed by atoms with Crippen molar-refractivity contribution in [2.75, 3.05) is 4.90 Å². The summed E-state index contributed by atoms with van der Waals surface area (Å²) in [6, 6.07) is 51.5. The van der Waals surface area contributed by atoms with Crippen LogP contribution in [0.4, 0.5) is 5.69 Å². The number of hydrogen-bond donors (Lipinski definition) is 0. The number of para-hydroxylation sites is 1. The highest BCUT2D eigenvalue weighted by molar-refractivity contribution is 5.95. The highest BCUT2D eigenvalue weighted by atomic mass is 16.3. The fourth-order valence-electron chi connectivity index (χ4n) is 8.97. The summed E-state index contributed by atoms with van der Waals surface area (Å²) < 4.78 is 37.0. The summed E-state index contributed by atoms with van der Waals surface area (Å²) in [6.07, 6.45) is 13.2. The molecule has 0 fully saturated rings. The largest absolute Gasteiger partial charge is 0.454 e. The fraction of sp³-hybridized carbons (Fsp3) is 0.0526. The molecule has 0 aliphatic heterocycles. The Morgan fingerprint density at radius 3 is 2.00 bits per heavy atom. The van der Waals surface area contributed by atoms with Crippen LogP contribution < -0.4 is 4.90 Å². The van der Waals surface area contributed by atoms with Crippen molar-refractivity contribution in [1.82, 2.24) is 0 Å². The average Bonchev–Trinajstić information content (AvgIpc) is 3.86. The lowest BCUT2D eigenvalue weighted by atomic mass is 9.63. The van der Waals surface area contributed by atoms with Crippen molar-refractivity contribution in [2.45, 2.75) is 11.3 Å². The second kappa shape index (κ2) is 15.8. The van der Waals surface area contributed by atoms with Crippen LogP contribution in [0, 0.1) is 5.92 Å². The predicted molar refractivity (Wildman–Crippen MR) is 251 cm³/mol. The summed E-state index contributed by atoms with van der Waals surface area (Å²) in [6.45, 7) is 16.5. The van der Waals surface area contributed by atoms with Crippen LogP contribution in [-0.4, -0.2) is 0 Å². The number of allylic oxidation sites excluding steroid dienone is 7. The lowest BCUT2D eigenvalue weighted by Crippen LogP contribution is -2.36. The average molecular weight is 763 g/mol. The van der Waals surface area contributed by atoms with Gasteiger partial charge in [0.05, 0.1) is 15.2 Å². The van der Waals surface area contributed by atoms with E-state index in [0.717, 1.165) is 55.5 Å². The maximum Gasteiger partial charge on any atom is 0.158 e. The highest BCUT2D eigenvalue weighted by Crippen LogP contribution is 2.60. The van der Waals surface area contributed by atoms with E-state index in [0.29, 0.717) is 22.7 Å². The molecular weight excluding hydrogens is 715 g/mol. The zero-order valence-electron chi connectivity index (χ0n) is 35.8. The molecule has 0 spiro atoms. The Balaban J connectivity index is 1.28. The van der Waals surface area contributed by atoms with Crippen LogP contribution in [0.3, 0.4) is 0 Å². The van der Waals surface area contributed by atoms with Crippen molar-refractivity contribution < 1.29 is 8.53 Å². The molecule has 0 saturated heterocycles. The smallest absolute Gasteiger partial charge is 0.158 e. The van der Waals surface area contributed by atoms with Gasteiger partial charge in [-0.1, -0.05) is 208 Å². The van der Waals surface area contributed by atoms with Crippen LogP contribution in [0.1, 0.15) is 54.7 Å².